The van der Waals surface area contributed by atoms with Gasteiger partial charge in [-0.1, -0.05) is 6.07 Å². The molecule has 14 heavy (non-hydrogen) atoms. The van der Waals surface area contributed by atoms with E-state index in [1.54, 1.807) is 0 Å². The third-order valence-electron chi connectivity index (χ3n) is 2.26. The summed E-state index contributed by atoms with van der Waals surface area (Å²) in [6.07, 6.45) is 0. The molecule has 0 atom stereocenters. The molecule has 0 heterocycles. The number of anilines is 1. The Bertz CT molecular complexity index is 361. The first-order valence-corrected chi connectivity index (χ1v) is 5.16. The van der Waals surface area contributed by atoms with E-state index < -0.39 is 0 Å². The highest BCUT2D eigenvalue weighted by Gasteiger charge is 2.04. The lowest BCUT2D eigenvalue weighted by molar-refractivity contribution is -0.113. The summed E-state index contributed by atoms with van der Waals surface area (Å²) in [5, 5.41) is 2.81. The number of aryl methyl sites for hydroxylation is 3. The van der Waals surface area contributed by atoms with Gasteiger partial charge in [0.1, 0.15) is 0 Å². The highest BCUT2D eigenvalue weighted by molar-refractivity contribution is 7.81. The number of hydrogen-bond acceptors (Lipinski definition) is 2. The molecule has 0 aromatic heterocycles. The van der Waals surface area contributed by atoms with Crippen molar-refractivity contribution in [3.63, 3.8) is 0 Å². The normalized spacial score (nSPS) is 10.0. The molecule has 1 aromatic rings. The Balaban J connectivity index is 2.98. The van der Waals surface area contributed by atoms with Crippen LogP contribution in [0.15, 0.2) is 12.1 Å². The van der Waals surface area contributed by atoms with E-state index in [2.05, 4.69) is 30.9 Å². The molecule has 0 saturated carbocycles. The number of amides is 1. The first-order valence-electron chi connectivity index (χ1n) is 4.53. The summed E-state index contributed by atoms with van der Waals surface area (Å²) >= 11 is 3.91. The lowest BCUT2D eigenvalue weighted by Gasteiger charge is -2.10. The van der Waals surface area contributed by atoms with Gasteiger partial charge in [-0.3, -0.25) is 4.79 Å². The van der Waals surface area contributed by atoms with Crippen molar-refractivity contribution in [2.45, 2.75) is 20.8 Å². The molecular weight excluding hydrogens is 194 g/mol. The highest BCUT2D eigenvalue weighted by atomic mass is 32.1. The first-order chi connectivity index (χ1) is 6.54. The zero-order valence-corrected chi connectivity index (χ0v) is 9.61. The van der Waals surface area contributed by atoms with Gasteiger partial charge in [-0.25, -0.2) is 0 Å². The topological polar surface area (TPSA) is 29.1 Å². The van der Waals surface area contributed by atoms with E-state index in [4.69, 9.17) is 0 Å². The van der Waals surface area contributed by atoms with E-state index in [-0.39, 0.29) is 11.7 Å². The van der Waals surface area contributed by atoms with Crippen LogP contribution in [0, 0.1) is 20.8 Å². The van der Waals surface area contributed by atoms with Crippen LogP contribution in [0.5, 0.6) is 0 Å². The molecule has 1 aromatic carbocycles. The maximum atomic E-state index is 11.1. The van der Waals surface area contributed by atoms with Crippen molar-refractivity contribution in [1.82, 2.24) is 0 Å². The summed E-state index contributed by atoms with van der Waals surface area (Å²) in [4.78, 5) is 11.1. The maximum absolute atomic E-state index is 11.1. The molecule has 0 fully saturated rings. The number of carbonyl (C=O) groups excluding carboxylic acids is 1. The monoisotopic (exact) mass is 209 g/mol. The molecule has 0 bridgehead atoms. The molecule has 0 aliphatic heterocycles. The summed E-state index contributed by atoms with van der Waals surface area (Å²) in [6.45, 7) is 6.08. The number of benzene rings is 1. The van der Waals surface area contributed by atoms with Gasteiger partial charge >= 0.3 is 0 Å². The van der Waals surface area contributed by atoms with Crippen LogP contribution in [0.3, 0.4) is 0 Å². The summed E-state index contributed by atoms with van der Waals surface area (Å²) < 4.78 is 0. The van der Waals surface area contributed by atoms with Gasteiger partial charge in [0.05, 0.1) is 5.75 Å². The largest absolute Gasteiger partial charge is 0.325 e. The predicted octanol–water partition coefficient (Wildman–Crippen LogP) is 2.48. The first kappa shape index (κ1) is 11.1. The fourth-order valence-electron chi connectivity index (χ4n) is 1.28. The molecule has 1 N–H and O–H groups in total. The number of nitrogens with one attached hydrogen (secondary N) is 1. The van der Waals surface area contributed by atoms with Crippen LogP contribution in [-0.4, -0.2) is 11.7 Å². The summed E-state index contributed by atoms with van der Waals surface area (Å²) in [7, 11) is 0. The van der Waals surface area contributed by atoms with Crippen molar-refractivity contribution < 1.29 is 4.79 Å². The molecule has 0 aliphatic carbocycles. The van der Waals surface area contributed by atoms with E-state index in [1.165, 1.54) is 11.1 Å². The Kier molecular flexibility index (Phi) is 3.58. The third-order valence-corrected chi connectivity index (χ3v) is 2.55. The molecule has 0 radical (unpaired) electrons. The molecular formula is C11H15NOS. The SMILES string of the molecule is Cc1cc(C)c(NC(=O)CS)cc1C. The Hall–Kier alpha value is -0.960. The fraction of sp³-hybridized carbons (Fsp3) is 0.364. The quantitative estimate of drug-likeness (QED) is 0.720. The van der Waals surface area contributed by atoms with Gasteiger partial charge in [-0.05, 0) is 43.5 Å². The fourth-order valence-corrected chi connectivity index (χ4v) is 1.36. The molecule has 0 spiro atoms. The summed E-state index contributed by atoms with van der Waals surface area (Å²) in [5.41, 5.74) is 4.40. The number of rotatable bonds is 2. The number of carbonyl (C=O) groups is 1. The van der Waals surface area contributed by atoms with Gasteiger partial charge in [0, 0.05) is 5.69 Å². The van der Waals surface area contributed by atoms with E-state index in [0.717, 1.165) is 11.3 Å². The van der Waals surface area contributed by atoms with Gasteiger partial charge in [0.25, 0.3) is 0 Å². The van der Waals surface area contributed by atoms with Crippen LogP contribution in [-0.2, 0) is 4.79 Å². The minimum absolute atomic E-state index is 0.0697. The van der Waals surface area contributed by atoms with Gasteiger partial charge in [-0.15, -0.1) is 0 Å². The van der Waals surface area contributed by atoms with Crippen molar-refractivity contribution in [1.29, 1.82) is 0 Å². The second-order valence-electron chi connectivity index (χ2n) is 3.46. The lowest BCUT2D eigenvalue weighted by atomic mass is 10.1. The Morgan fingerprint density at radius 1 is 1.21 bits per heavy atom. The van der Waals surface area contributed by atoms with Crippen molar-refractivity contribution in [3.8, 4) is 0 Å². The molecule has 76 valence electrons. The summed E-state index contributed by atoms with van der Waals surface area (Å²) in [5.74, 6) is 0.145. The van der Waals surface area contributed by atoms with Gasteiger partial charge in [-0.2, -0.15) is 12.6 Å². The second kappa shape index (κ2) is 4.51. The number of thiol groups is 1. The minimum Gasteiger partial charge on any atom is -0.325 e. The lowest BCUT2D eigenvalue weighted by Crippen LogP contribution is -2.13. The second-order valence-corrected chi connectivity index (χ2v) is 3.77. The average molecular weight is 209 g/mol. The smallest absolute Gasteiger partial charge is 0.234 e. The van der Waals surface area contributed by atoms with E-state index >= 15 is 0 Å². The maximum Gasteiger partial charge on any atom is 0.234 e. The molecule has 0 aliphatic rings. The molecule has 2 nitrogen and oxygen atoms in total. The molecule has 0 saturated heterocycles. The van der Waals surface area contributed by atoms with Crippen LogP contribution in [0.2, 0.25) is 0 Å². The van der Waals surface area contributed by atoms with Gasteiger partial charge < -0.3 is 5.32 Å². The Morgan fingerprint density at radius 2 is 1.79 bits per heavy atom. The van der Waals surface area contributed by atoms with Crippen LogP contribution in [0.25, 0.3) is 0 Å². The minimum atomic E-state index is -0.0697. The zero-order chi connectivity index (χ0) is 10.7. The zero-order valence-electron chi connectivity index (χ0n) is 8.72. The van der Waals surface area contributed by atoms with E-state index in [1.807, 2.05) is 19.9 Å². The molecule has 1 amide bonds. The molecule has 0 unspecified atom stereocenters. The van der Waals surface area contributed by atoms with Crippen molar-refractivity contribution >= 4 is 24.2 Å². The Morgan fingerprint density at radius 3 is 2.36 bits per heavy atom. The van der Waals surface area contributed by atoms with Crippen LogP contribution < -0.4 is 5.32 Å². The van der Waals surface area contributed by atoms with E-state index in [9.17, 15) is 4.79 Å². The number of hydrogen-bond donors (Lipinski definition) is 2. The van der Waals surface area contributed by atoms with Crippen LogP contribution >= 0.6 is 12.6 Å². The average Bonchev–Trinajstić information content (AvgIpc) is 2.14. The third kappa shape index (κ3) is 2.51. The molecule has 1 rings (SSSR count). The summed E-state index contributed by atoms with van der Waals surface area (Å²) in [6, 6.07) is 4.06. The van der Waals surface area contributed by atoms with Gasteiger partial charge in [0.15, 0.2) is 0 Å². The van der Waals surface area contributed by atoms with Crippen molar-refractivity contribution in [3.05, 3.63) is 28.8 Å². The molecule has 3 heteroatoms. The van der Waals surface area contributed by atoms with Crippen LogP contribution in [0.1, 0.15) is 16.7 Å². The van der Waals surface area contributed by atoms with Crippen molar-refractivity contribution in [2.24, 2.45) is 0 Å². The van der Waals surface area contributed by atoms with Crippen LogP contribution in [0.4, 0.5) is 5.69 Å². The highest BCUT2D eigenvalue weighted by Crippen LogP contribution is 2.19. The van der Waals surface area contributed by atoms with Gasteiger partial charge in [0.2, 0.25) is 5.91 Å². The predicted molar refractivity (Wildman–Crippen MR) is 63.1 cm³/mol. The van der Waals surface area contributed by atoms with E-state index in [0.29, 0.717) is 0 Å². The van der Waals surface area contributed by atoms with Crippen molar-refractivity contribution in [2.75, 3.05) is 11.1 Å². The standard InChI is InChI=1S/C11H15NOS/c1-7-4-9(3)10(5-8(7)2)12-11(13)6-14/h4-5,14H,6H2,1-3H3,(H,12,13). The Labute approximate surface area is 90.1 Å².